The Bertz CT molecular complexity index is 1520. The molecule has 0 spiro atoms. The summed E-state index contributed by atoms with van der Waals surface area (Å²) in [7, 11) is 0. The molecule has 1 saturated heterocycles. The number of thiophene rings is 1. The minimum atomic E-state index is -0.693. The molecule has 0 saturated carbocycles. The van der Waals surface area contributed by atoms with Crippen molar-refractivity contribution in [1.29, 1.82) is 0 Å². The molecule has 3 aromatic carbocycles. The molecule has 0 radical (unpaired) electrons. The van der Waals surface area contributed by atoms with Crippen LogP contribution in [0.1, 0.15) is 27.7 Å². The van der Waals surface area contributed by atoms with Gasteiger partial charge in [-0.05, 0) is 33.7 Å². The molecule has 2 aliphatic rings. The van der Waals surface area contributed by atoms with Crippen LogP contribution in [0, 0.1) is 0 Å². The smallest absolute Gasteiger partial charge is 0.356 e. The van der Waals surface area contributed by atoms with Gasteiger partial charge in [0, 0.05) is 17.1 Å². The van der Waals surface area contributed by atoms with E-state index in [2.05, 4.69) is 5.32 Å². The van der Waals surface area contributed by atoms with E-state index in [1.54, 1.807) is 23.1 Å². The molecule has 1 N–H and O–H groups in total. The summed E-state index contributed by atoms with van der Waals surface area (Å²) in [5.41, 5.74) is 3.70. The molecule has 8 heteroatoms. The van der Waals surface area contributed by atoms with Crippen molar-refractivity contribution in [3.05, 3.63) is 141 Å². The number of carbonyl (C=O) groups is 3. The third kappa shape index (κ3) is 5.85. The molecule has 0 bridgehead atoms. The first-order valence-electron chi connectivity index (χ1n) is 13.4. The fourth-order valence-corrected chi connectivity index (χ4v) is 7.28. The van der Waals surface area contributed by atoms with E-state index >= 15 is 0 Å². The van der Waals surface area contributed by atoms with Crippen LogP contribution < -0.4 is 5.32 Å². The molecule has 6 nitrogen and oxygen atoms in total. The fourth-order valence-electron chi connectivity index (χ4n) is 5.18. The fraction of sp³-hybridized carbons (Fsp3) is 0.182. The largest absolute Gasteiger partial charge is 0.448 e. The number of carbonyl (C=O) groups excluding carboxylic acids is 3. The number of benzene rings is 3. The van der Waals surface area contributed by atoms with Crippen LogP contribution in [0.15, 0.2) is 120 Å². The number of amides is 2. The minimum Gasteiger partial charge on any atom is -0.448 e. The number of ether oxygens (including phenoxy) is 1. The molecule has 0 aliphatic carbocycles. The second-order valence-corrected chi connectivity index (χ2v) is 12.1. The molecule has 2 atom stereocenters. The number of β-lactam (4-membered cyclic amide) rings is 1. The van der Waals surface area contributed by atoms with Gasteiger partial charge in [-0.25, -0.2) is 4.79 Å². The molecule has 1 aromatic heterocycles. The number of nitrogens with zero attached hydrogens (tertiary/aromatic N) is 1. The van der Waals surface area contributed by atoms with Crippen molar-refractivity contribution in [1.82, 2.24) is 10.2 Å². The molecule has 0 unspecified atom stereocenters. The third-order valence-corrected chi connectivity index (χ3v) is 9.38. The summed E-state index contributed by atoms with van der Waals surface area (Å²) in [4.78, 5) is 43.0. The molecule has 6 rings (SSSR count). The number of esters is 1. The van der Waals surface area contributed by atoms with E-state index < -0.39 is 18.1 Å². The van der Waals surface area contributed by atoms with Gasteiger partial charge in [-0.2, -0.15) is 0 Å². The molecule has 4 aromatic rings. The van der Waals surface area contributed by atoms with Crippen LogP contribution in [0.3, 0.4) is 0 Å². The highest BCUT2D eigenvalue weighted by Crippen LogP contribution is 2.42. The Hall–Kier alpha value is -4.14. The maximum atomic E-state index is 14.0. The zero-order chi connectivity index (χ0) is 28.2. The summed E-state index contributed by atoms with van der Waals surface area (Å²) in [6.07, 6.45) is 0.107. The molecule has 3 heterocycles. The van der Waals surface area contributed by atoms with Crippen LogP contribution in [0.5, 0.6) is 0 Å². The predicted octanol–water partition coefficient (Wildman–Crippen LogP) is 5.52. The van der Waals surface area contributed by atoms with Crippen LogP contribution in [0.25, 0.3) is 0 Å². The van der Waals surface area contributed by atoms with Crippen molar-refractivity contribution in [2.75, 3.05) is 5.75 Å². The maximum absolute atomic E-state index is 14.0. The summed E-state index contributed by atoms with van der Waals surface area (Å²) >= 11 is 3.18. The van der Waals surface area contributed by atoms with Gasteiger partial charge in [-0.15, -0.1) is 23.1 Å². The van der Waals surface area contributed by atoms with Gasteiger partial charge >= 0.3 is 5.97 Å². The third-order valence-electron chi connectivity index (χ3n) is 7.16. The molecule has 1 fully saturated rings. The van der Waals surface area contributed by atoms with Crippen molar-refractivity contribution in [3.63, 3.8) is 0 Å². The Morgan fingerprint density at radius 3 is 2.12 bits per heavy atom. The second kappa shape index (κ2) is 12.2. The quantitative estimate of drug-likeness (QED) is 0.209. The normalized spacial score (nSPS) is 18.1. The van der Waals surface area contributed by atoms with E-state index in [9.17, 15) is 14.4 Å². The highest BCUT2D eigenvalue weighted by atomic mass is 32.2. The predicted molar refractivity (Wildman–Crippen MR) is 161 cm³/mol. The van der Waals surface area contributed by atoms with Crippen molar-refractivity contribution in [2.24, 2.45) is 0 Å². The number of rotatable bonds is 9. The van der Waals surface area contributed by atoms with Gasteiger partial charge in [0.05, 0.1) is 6.42 Å². The van der Waals surface area contributed by atoms with Crippen LogP contribution >= 0.6 is 23.1 Å². The molecule has 41 heavy (non-hydrogen) atoms. The van der Waals surface area contributed by atoms with Crippen LogP contribution in [0.2, 0.25) is 0 Å². The van der Waals surface area contributed by atoms with E-state index in [0.717, 1.165) is 27.1 Å². The number of hydrogen-bond donors (Lipinski definition) is 1. The SMILES string of the molecule is O=C(Cc1ccccc1)N[C@@H]1C(=O)N2C(C(=O)OC(c3ccccc3)c3ccccc3)=C(Cc3cccs3)CS[C@@H]12. The van der Waals surface area contributed by atoms with E-state index in [0.29, 0.717) is 12.2 Å². The van der Waals surface area contributed by atoms with E-state index in [1.807, 2.05) is 109 Å². The van der Waals surface area contributed by atoms with Gasteiger partial charge in [-0.1, -0.05) is 97.1 Å². The lowest BCUT2D eigenvalue weighted by Gasteiger charge is -2.50. The Kier molecular flexibility index (Phi) is 8.02. The lowest BCUT2D eigenvalue weighted by atomic mass is 9.99. The lowest BCUT2D eigenvalue weighted by molar-refractivity contribution is -0.154. The van der Waals surface area contributed by atoms with Gasteiger partial charge < -0.3 is 10.1 Å². The molecular weight excluding hydrogens is 553 g/mol. The average molecular weight is 581 g/mol. The topological polar surface area (TPSA) is 75.7 Å². The number of thioether (sulfide) groups is 1. The first-order valence-corrected chi connectivity index (χ1v) is 15.3. The second-order valence-electron chi connectivity index (χ2n) is 9.93. The molecule has 206 valence electrons. The van der Waals surface area contributed by atoms with Crippen molar-refractivity contribution < 1.29 is 19.1 Å². The Labute approximate surface area is 247 Å². The zero-order valence-electron chi connectivity index (χ0n) is 22.1. The van der Waals surface area contributed by atoms with E-state index in [-0.39, 0.29) is 29.3 Å². The summed E-state index contributed by atoms with van der Waals surface area (Å²) in [6.45, 7) is 0. The summed E-state index contributed by atoms with van der Waals surface area (Å²) in [6, 6.07) is 31.9. The average Bonchev–Trinajstić information content (AvgIpc) is 3.53. The zero-order valence-corrected chi connectivity index (χ0v) is 23.8. The first kappa shape index (κ1) is 27.1. The maximum Gasteiger partial charge on any atom is 0.356 e. The van der Waals surface area contributed by atoms with Crippen molar-refractivity contribution in [3.8, 4) is 0 Å². The van der Waals surface area contributed by atoms with E-state index in [1.165, 1.54) is 4.90 Å². The van der Waals surface area contributed by atoms with Crippen LogP contribution in [0.4, 0.5) is 0 Å². The lowest BCUT2D eigenvalue weighted by Crippen LogP contribution is -2.70. The van der Waals surface area contributed by atoms with E-state index in [4.69, 9.17) is 4.74 Å². The minimum absolute atomic E-state index is 0.187. The van der Waals surface area contributed by atoms with Crippen molar-refractivity contribution in [2.45, 2.75) is 30.4 Å². The number of fused-ring (bicyclic) bond motifs is 1. The standard InChI is InChI=1S/C33H28N2O4S2/c36-27(19-22-11-4-1-5-12-22)34-28-31(37)35-29(25(21-41-32(28)35)20-26-17-10-18-40-26)33(38)39-30(23-13-6-2-7-14-23)24-15-8-3-9-16-24/h1-18,28,30,32H,19-21H2,(H,34,36)/t28-,32+/m1/s1. The number of nitrogens with one attached hydrogen (secondary N) is 1. The van der Waals surface area contributed by atoms with Crippen LogP contribution in [-0.2, 0) is 32.0 Å². The Morgan fingerprint density at radius 2 is 1.51 bits per heavy atom. The van der Waals surface area contributed by atoms with Crippen LogP contribution in [-0.4, -0.2) is 39.9 Å². The number of hydrogen-bond acceptors (Lipinski definition) is 6. The Balaban J connectivity index is 1.27. The summed E-state index contributed by atoms with van der Waals surface area (Å²) in [5, 5.41) is 4.53. The molecular formula is C33H28N2O4S2. The van der Waals surface area contributed by atoms with Crippen molar-refractivity contribution >= 4 is 40.9 Å². The highest BCUT2D eigenvalue weighted by Gasteiger charge is 2.54. The molecule has 2 amide bonds. The van der Waals surface area contributed by atoms with Gasteiger partial charge in [0.25, 0.3) is 5.91 Å². The summed E-state index contributed by atoms with van der Waals surface area (Å²) < 4.78 is 6.22. The summed E-state index contributed by atoms with van der Waals surface area (Å²) in [5.74, 6) is -0.499. The van der Waals surface area contributed by atoms with Gasteiger partial charge in [0.15, 0.2) is 6.10 Å². The van der Waals surface area contributed by atoms with Gasteiger partial charge in [0.2, 0.25) is 5.91 Å². The highest BCUT2D eigenvalue weighted by molar-refractivity contribution is 8.00. The molecule has 2 aliphatic heterocycles. The monoisotopic (exact) mass is 580 g/mol. The van der Waals surface area contributed by atoms with Gasteiger partial charge in [0.1, 0.15) is 17.1 Å². The first-order chi connectivity index (χ1) is 20.1. The Morgan fingerprint density at radius 1 is 0.878 bits per heavy atom. The van der Waals surface area contributed by atoms with Gasteiger partial charge in [-0.3, -0.25) is 14.5 Å².